The Bertz CT molecular complexity index is 498. The van der Waals surface area contributed by atoms with E-state index in [9.17, 15) is 4.79 Å². The SMILES string of the molecule is CCCNC(N)=NCC(=O)N1CCc2ccccc2C1. The van der Waals surface area contributed by atoms with E-state index < -0.39 is 0 Å². The topological polar surface area (TPSA) is 70.7 Å². The molecule has 0 aliphatic carbocycles. The number of aliphatic imine (C=N–C) groups is 1. The highest BCUT2D eigenvalue weighted by molar-refractivity contribution is 5.84. The van der Waals surface area contributed by atoms with Crippen LogP contribution in [0.4, 0.5) is 0 Å². The zero-order chi connectivity index (χ0) is 14.4. The Labute approximate surface area is 119 Å². The van der Waals surface area contributed by atoms with E-state index in [-0.39, 0.29) is 12.5 Å². The monoisotopic (exact) mass is 274 g/mol. The van der Waals surface area contributed by atoms with Crippen LogP contribution in [0.25, 0.3) is 0 Å². The van der Waals surface area contributed by atoms with E-state index in [0.29, 0.717) is 12.5 Å². The van der Waals surface area contributed by atoms with Crippen LogP contribution in [-0.2, 0) is 17.8 Å². The Balaban J connectivity index is 1.88. The minimum Gasteiger partial charge on any atom is -0.370 e. The van der Waals surface area contributed by atoms with Crippen LogP contribution in [0.3, 0.4) is 0 Å². The Morgan fingerprint density at radius 1 is 1.40 bits per heavy atom. The fraction of sp³-hybridized carbons (Fsp3) is 0.467. The van der Waals surface area contributed by atoms with E-state index in [2.05, 4.69) is 29.4 Å². The van der Waals surface area contributed by atoms with Gasteiger partial charge in [0.05, 0.1) is 0 Å². The van der Waals surface area contributed by atoms with E-state index in [1.54, 1.807) is 0 Å². The second-order valence-corrected chi connectivity index (χ2v) is 4.96. The molecule has 3 N–H and O–H groups in total. The maximum Gasteiger partial charge on any atom is 0.244 e. The Kier molecular flexibility index (Phi) is 4.98. The van der Waals surface area contributed by atoms with Crippen molar-refractivity contribution in [3.05, 3.63) is 35.4 Å². The summed E-state index contributed by atoms with van der Waals surface area (Å²) in [6.45, 7) is 4.38. The lowest BCUT2D eigenvalue weighted by atomic mass is 10.00. The van der Waals surface area contributed by atoms with Crippen molar-refractivity contribution in [3.63, 3.8) is 0 Å². The summed E-state index contributed by atoms with van der Waals surface area (Å²) in [6.07, 6.45) is 1.89. The third kappa shape index (κ3) is 3.73. The third-order valence-corrected chi connectivity index (χ3v) is 3.42. The van der Waals surface area contributed by atoms with Crippen LogP contribution in [0, 0.1) is 0 Å². The van der Waals surface area contributed by atoms with E-state index in [4.69, 9.17) is 5.73 Å². The molecule has 5 nitrogen and oxygen atoms in total. The first kappa shape index (κ1) is 14.4. The molecule has 1 aromatic carbocycles. The van der Waals surface area contributed by atoms with Gasteiger partial charge >= 0.3 is 0 Å². The molecule has 0 unspecified atom stereocenters. The van der Waals surface area contributed by atoms with Gasteiger partial charge < -0.3 is 16.0 Å². The summed E-state index contributed by atoms with van der Waals surface area (Å²) < 4.78 is 0. The van der Waals surface area contributed by atoms with Gasteiger partial charge in [-0.2, -0.15) is 0 Å². The zero-order valence-electron chi connectivity index (χ0n) is 11.9. The van der Waals surface area contributed by atoms with Gasteiger partial charge in [0, 0.05) is 19.6 Å². The van der Waals surface area contributed by atoms with Crippen molar-refractivity contribution in [2.24, 2.45) is 10.7 Å². The van der Waals surface area contributed by atoms with Crippen LogP contribution in [0.5, 0.6) is 0 Å². The normalized spacial score (nSPS) is 14.8. The van der Waals surface area contributed by atoms with Crippen LogP contribution in [0.15, 0.2) is 29.3 Å². The minimum atomic E-state index is 0.0285. The first-order valence-electron chi connectivity index (χ1n) is 7.09. The van der Waals surface area contributed by atoms with Gasteiger partial charge in [-0.25, -0.2) is 4.99 Å². The number of hydrogen-bond acceptors (Lipinski definition) is 2. The van der Waals surface area contributed by atoms with Gasteiger partial charge in [0.25, 0.3) is 0 Å². The number of fused-ring (bicyclic) bond motifs is 1. The number of rotatable bonds is 4. The summed E-state index contributed by atoms with van der Waals surface area (Å²) in [7, 11) is 0. The highest BCUT2D eigenvalue weighted by atomic mass is 16.2. The molecule has 1 amide bonds. The van der Waals surface area contributed by atoms with Crippen molar-refractivity contribution in [3.8, 4) is 0 Å². The maximum atomic E-state index is 12.1. The summed E-state index contributed by atoms with van der Waals surface area (Å²) in [5.74, 6) is 0.373. The van der Waals surface area contributed by atoms with E-state index >= 15 is 0 Å². The first-order valence-corrected chi connectivity index (χ1v) is 7.09. The third-order valence-electron chi connectivity index (χ3n) is 3.42. The number of hydrogen-bond donors (Lipinski definition) is 2. The lowest BCUT2D eigenvalue weighted by Crippen LogP contribution is -2.39. The molecule has 5 heteroatoms. The molecule has 0 spiro atoms. The van der Waals surface area contributed by atoms with Gasteiger partial charge in [0.1, 0.15) is 6.54 Å². The van der Waals surface area contributed by atoms with Crippen molar-refractivity contribution in [2.75, 3.05) is 19.6 Å². The van der Waals surface area contributed by atoms with Crippen LogP contribution < -0.4 is 11.1 Å². The summed E-state index contributed by atoms with van der Waals surface area (Å²) in [5, 5.41) is 2.96. The molecule has 0 fully saturated rings. The molecule has 20 heavy (non-hydrogen) atoms. The molecule has 2 rings (SSSR count). The molecule has 1 aromatic rings. The van der Waals surface area contributed by atoms with Crippen molar-refractivity contribution >= 4 is 11.9 Å². The summed E-state index contributed by atoms with van der Waals surface area (Å²) >= 11 is 0. The van der Waals surface area contributed by atoms with E-state index in [0.717, 1.165) is 25.9 Å². The Morgan fingerprint density at radius 3 is 2.90 bits per heavy atom. The highest BCUT2D eigenvalue weighted by Crippen LogP contribution is 2.18. The van der Waals surface area contributed by atoms with Crippen LogP contribution >= 0.6 is 0 Å². The number of amides is 1. The van der Waals surface area contributed by atoms with Gasteiger partial charge in [0.15, 0.2) is 5.96 Å². The van der Waals surface area contributed by atoms with Crippen LogP contribution in [-0.4, -0.2) is 36.4 Å². The maximum absolute atomic E-state index is 12.1. The van der Waals surface area contributed by atoms with Gasteiger partial charge in [-0.3, -0.25) is 4.79 Å². The molecule has 108 valence electrons. The molecule has 0 aromatic heterocycles. The van der Waals surface area contributed by atoms with Gasteiger partial charge in [-0.15, -0.1) is 0 Å². The predicted molar refractivity (Wildman–Crippen MR) is 80.3 cm³/mol. The van der Waals surface area contributed by atoms with Crippen molar-refractivity contribution < 1.29 is 4.79 Å². The number of nitrogens with one attached hydrogen (secondary N) is 1. The number of nitrogens with two attached hydrogens (primary N) is 1. The molecule has 0 atom stereocenters. The number of nitrogens with zero attached hydrogens (tertiary/aromatic N) is 2. The number of benzene rings is 1. The molecule has 1 aliphatic rings. The van der Waals surface area contributed by atoms with Crippen molar-refractivity contribution in [2.45, 2.75) is 26.3 Å². The zero-order valence-corrected chi connectivity index (χ0v) is 11.9. The van der Waals surface area contributed by atoms with Crippen molar-refractivity contribution in [1.29, 1.82) is 0 Å². The van der Waals surface area contributed by atoms with Crippen molar-refractivity contribution in [1.82, 2.24) is 10.2 Å². The molecular weight excluding hydrogens is 252 g/mol. The van der Waals surface area contributed by atoms with Gasteiger partial charge in [-0.1, -0.05) is 31.2 Å². The number of carbonyl (C=O) groups is 1. The Hall–Kier alpha value is -2.04. The summed E-state index contributed by atoms with van der Waals surface area (Å²) in [5.41, 5.74) is 8.25. The second kappa shape index (κ2) is 6.93. The fourth-order valence-electron chi connectivity index (χ4n) is 2.27. The largest absolute Gasteiger partial charge is 0.370 e. The number of carbonyl (C=O) groups excluding carboxylic acids is 1. The summed E-state index contributed by atoms with van der Waals surface area (Å²) in [4.78, 5) is 18.1. The average molecular weight is 274 g/mol. The number of guanidine groups is 1. The van der Waals surface area contributed by atoms with Gasteiger partial charge in [0.2, 0.25) is 5.91 Å². The lowest BCUT2D eigenvalue weighted by Gasteiger charge is -2.28. The molecule has 0 saturated heterocycles. The molecule has 0 bridgehead atoms. The first-order chi connectivity index (χ1) is 9.70. The molecular formula is C15H22N4O. The quantitative estimate of drug-likeness (QED) is 0.632. The molecule has 0 saturated carbocycles. The van der Waals surface area contributed by atoms with Crippen LogP contribution in [0.1, 0.15) is 24.5 Å². The molecule has 1 aliphatic heterocycles. The standard InChI is InChI=1S/C15H22N4O/c1-2-8-17-15(16)18-10-14(20)19-9-7-12-5-3-4-6-13(12)11-19/h3-6H,2,7-11H2,1H3,(H3,16,17,18). The highest BCUT2D eigenvalue weighted by Gasteiger charge is 2.19. The fourth-order valence-corrected chi connectivity index (χ4v) is 2.27. The lowest BCUT2D eigenvalue weighted by molar-refractivity contribution is -0.130. The minimum absolute atomic E-state index is 0.0285. The Morgan fingerprint density at radius 2 is 2.15 bits per heavy atom. The summed E-state index contributed by atoms with van der Waals surface area (Å²) in [6, 6.07) is 8.26. The van der Waals surface area contributed by atoms with E-state index in [1.807, 2.05) is 17.0 Å². The smallest absolute Gasteiger partial charge is 0.244 e. The predicted octanol–water partition coefficient (Wildman–Crippen LogP) is 0.886. The second-order valence-electron chi connectivity index (χ2n) is 4.96. The molecule has 0 radical (unpaired) electrons. The van der Waals surface area contributed by atoms with Gasteiger partial charge in [-0.05, 0) is 24.0 Å². The molecule has 1 heterocycles. The van der Waals surface area contributed by atoms with Crippen LogP contribution in [0.2, 0.25) is 0 Å². The average Bonchev–Trinajstić information content (AvgIpc) is 2.50. The van der Waals surface area contributed by atoms with E-state index in [1.165, 1.54) is 11.1 Å².